The van der Waals surface area contributed by atoms with E-state index in [2.05, 4.69) is 48.7 Å². The molecule has 0 spiro atoms. The lowest BCUT2D eigenvalue weighted by atomic mass is 10.0. The molecule has 0 aromatic heterocycles. The van der Waals surface area contributed by atoms with Crippen LogP contribution in [0.2, 0.25) is 0 Å². The van der Waals surface area contributed by atoms with Gasteiger partial charge in [-0.15, -0.1) is 0 Å². The Labute approximate surface area is 156 Å². The van der Waals surface area contributed by atoms with Crippen molar-refractivity contribution in [2.45, 2.75) is 103 Å². The SMILES string of the molecule is CCCCCCCCCCCCCCCCc1cccc(NS)c1. The molecule has 0 unspecified atom stereocenters. The van der Waals surface area contributed by atoms with E-state index in [4.69, 9.17) is 0 Å². The molecule has 0 radical (unpaired) electrons. The topological polar surface area (TPSA) is 12.0 Å². The van der Waals surface area contributed by atoms with Crippen molar-refractivity contribution in [1.29, 1.82) is 0 Å². The summed E-state index contributed by atoms with van der Waals surface area (Å²) in [5.74, 6) is 0. The fraction of sp³-hybridized carbons (Fsp3) is 0.727. The molecule has 1 rings (SSSR count). The normalized spacial score (nSPS) is 10.9. The van der Waals surface area contributed by atoms with Crippen LogP contribution in [-0.2, 0) is 6.42 Å². The van der Waals surface area contributed by atoms with Gasteiger partial charge in [-0.1, -0.05) is 115 Å². The number of nitrogens with one attached hydrogen (secondary N) is 1. The summed E-state index contributed by atoms with van der Waals surface area (Å²) >= 11 is 4.10. The van der Waals surface area contributed by atoms with E-state index in [0.717, 1.165) is 5.69 Å². The quantitative estimate of drug-likeness (QED) is 0.228. The van der Waals surface area contributed by atoms with Crippen LogP contribution in [0.4, 0.5) is 5.69 Å². The van der Waals surface area contributed by atoms with E-state index in [0.29, 0.717) is 0 Å². The molecule has 1 aromatic carbocycles. The first-order valence-electron chi connectivity index (χ1n) is 10.4. The fourth-order valence-electron chi connectivity index (χ4n) is 3.32. The Morgan fingerprint density at radius 1 is 0.708 bits per heavy atom. The predicted octanol–water partition coefficient (Wildman–Crippen LogP) is 7.97. The number of hydrogen-bond acceptors (Lipinski definition) is 2. The van der Waals surface area contributed by atoms with Gasteiger partial charge in [0.1, 0.15) is 0 Å². The first kappa shape index (κ1) is 21.4. The van der Waals surface area contributed by atoms with E-state index in [1.807, 2.05) is 0 Å². The van der Waals surface area contributed by atoms with Gasteiger partial charge in [-0.2, -0.15) is 0 Å². The highest BCUT2D eigenvalue weighted by Crippen LogP contribution is 2.16. The molecule has 0 aliphatic rings. The summed E-state index contributed by atoms with van der Waals surface area (Å²) < 4.78 is 2.91. The van der Waals surface area contributed by atoms with Gasteiger partial charge in [-0.05, 0) is 30.5 Å². The molecule has 0 saturated heterocycles. The van der Waals surface area contributed by atoms with Crippen molar-refractivity contribution in [2.75, 3.05) is 4.72 Å². The lowest BCUT2D eigenvalue weighted by Gasteiger charge is -2.05. The van der Waals surface area contributed by atoms with Gasteiger partial charge in [0.15, 0.2) is 0 Å². The van der Waals surface area contributed by atoms with Crippen LogP contribution in [0.15, 0.2) is 24.3 Å². The lowest BCUT2D eigenvalue weighted by molar-refractivity contribution is 0.535. The second-order valence-electron chi connectivity index (χ2n) is 7.16. The van der Waals surface area contributed by atoms with Crippen molar-refractivity contribution < 1.29 is 0 Å². The zero-order chi connectivity index (χ0) is 17.3. The van der Waals surface area contributed by atoms with Gasteiger partial charge in [-0.3, -0.25) is 0 Å². The van der Waals surface area contributed by atoms with Crippen molar-refractivity contribution in [2.24, 2.45) is 0 Å². The maximum Gasteiger partial charge on any atom is 0.0440 e. The number of thiol groups is 1. The Bertz CT molecular complexity index is 391. The second-order valence-corrected chi connectivity index (χ2v) is 7.38. The van der Waals surface area contributed by atoms with Gasteiger partial charge in [0.2, 0.25) is 0 Å². The highest BCUT2D eigenvalue weighted by atomic mass is 32.1. The molecule has 1 nitrogen and oxygen atoms in total. The fourth-order valence-corrected chi connectivity index (χ4v) is 3.46. The van der Waals surface area contributed by atoms with Crippen molar-refractivity contribution in [3.8, 4) is 0 Å². The minimum absolute atomic E-state index is 1.10. The van der Waals surface area contributed by atoms with E-state index in [1.54, 1.807) is 0 Å². The summed E-state index contributed by atoms with van der Waals surface area (Å²) in [6.07, 6.45) is 21.1. The number of hydrogen-bond donors (Lipinski definition) is 2. The summed E-state index contributed by atoms with van der Waals surface area (Å²) in [5, 5.41) is 0. The third-order valence-corrected chi connectivity index (χ3v) is 5.13. The van der Waals surface area contributed by atoms with Gasteiger partial charge < -0.3 is 4.72 Å². The molecule has 0 heterocycles. The Morgan fingerprint density at radius 3 is 1.71 bits per heavy atom. The molecule has 0 aliphatic carbocycles. The van der Waals surface area contributed by atoms with Crippen molar-refractivity contribution in [3.05, 3.63) is 29.8 Å². The molecule has 138 valence electrons. The molecule has 0 fully saturated rings. The van der Waals surface area contributed by atoms with Gasteiger partial charge in [0.05, 0.1) is 0 Å². The van der Waals surface area contributed by atoms with Crippen LogP contribution < -0.4 is 4.72 Å². The minimum atomic E-state index is 1.10. The van der Waals surface area contributed by atoms with E-state index in [-0.39, 0.29) is 0 Å². The van der Waals surface area contributed by atoms with E-state index in [1.165, 1.54) is 102 Å². The molecule has 0 atom stereocenters. The first-order chi connectivity index (χ1) is 11.9. The van der Waals surface area contributed by atoms with Crippen LogP contribution in [-0.4, -0.2) is 0 Å². The summed E-state index contributed by atoms with van der Waals surface area (Å²) in [7, 11) is 0. The third kappa shape index (κ3) is 11.8. The van der Waals surface area contributed by atoms with Gasteiger partial charge in [0, 0.05) is 5.69 Å². The average Bonchev–Trinajstić information content (AvgIpc) is 2.62. The van der Waals surface area contributed by atoms with Crippen LogP contribution in [0.5, 0.6) is 0 Å². The van der Waals surface area contributed by atoms with Crippen LogP contribution in [0.3, 0.4) is 0 Å². The Balaban J connectivity index is 1.82. The lowest BCUT2D eigenvalue weighted by Crippen LogP contribution is -1.88. The standard InChI is InChI=1S/C22H39NS/c1-2-3-4-5-6-7-8-9-10-11-12-13-14-15-17-21-18-16-19-22(20-21)23-24/h16,18-20,23-24H,2-15,17H2,1H3. The molecule has 0 saturated carbocycles. The van der Waals surface area contributed by atoms with Crippen LogP contribution in [0, 0.1) is 0 Å². The molecular weight excluding hydrogens is 310 g/mol. The van der Waals surface area contributed by atoms with Gasteiger partial charge in [-0.25, -0.2) is 0 Å². The summed E-state index contributed by atoms with van der Waals surface area (Å²) in [4.78, 5) is 0. The molecule has 0 bridgehead atoms. The van der Waals surface area contributed by atoms with E-state index in [9.17, 15) is 0 Å². The number of unbranched alkanes of at least 4 members (excludes halogenated alkanes) is 13. The van der Waals surface area contributed by atoms with Crippen molar-refractivity contribution in [1.82, 2.24) is 0 Å². The Hall–Kier alpha value is -0.630. The van der Waals surface area contributed by atoms with Crippen molar-refractivity contribution in [3.63, 3.8) is 0 Å². The predicted molar refractivity (Wildman–Crippen MR) is 113 cm³/mol. The van der Waals surface area contributed by atoms with Crippen LogP contribution >= 0.6 is 12.8 Å². The number of rotatable bonds is 16. The number of benzene rings is 1. The van der Waals surface area contributed by atoms with Crippen molar-refractivity contribution >= 4 is 18.5 Å². The molecule has 1 aromatic rings. The number of aryl methyl sites for hydroxylation is 1. The van der Waals surface area contributed by atoms with Crippen LogP contribution in [0.25, 0.3) is 0 Å². The smallest absolute Gasteiger partial charge is 0.0440 e. The largest absolute Gasteiger partial charge is 0.332 e. The van der Waals surface area contributed by atoms with E-state index < -0.39 is 0 Å². The number of anilines is 1. The molecule has 1 N–H and O–H groups in total. The molecule has 0 amide bonds. The summed E-state index contributed by atoms with van der Waals surface area (Å²) in [6.45, 7) is 2.29. The Morgan fingerprint density at radius 2 is 1.21 bits per heavy atom. The highest BCUT2D eigenvalue weighted by Gasteiger charge is 1.97. The highest BCUT2D eigenvalue weighted by molar-refractivity contribution is 7.81. The molecule has 2 heteroatoms. The van der Waals surface area contributed by atoms with Crippen LogP contribution in [0.1, 0.15) is 102 Å². The summed E-state index contributed by atoms with van der Waals surface area (Å²) in [5.41, 5.74) is 2.52. The zero-order valence-corrected chi connectivity index (χ0v) is 16.8. The second kappa shape index (κ2) is 15.9. The van der Waals surface area contributed by atoms with E-state index >= 15 is 0 Å². The maximum absolute atomic E-state index is 4.10. The van der Waals surface area contributed by atoms with Gasteiger partial charge in [0.25, 0.3) is 0 Å². The summed E-state index contributed by atoms with van der Waals surface area (Å²) in [6, 6.07) is 8.59. The molecule has 24 heavy (non-hydrogen) atoms. The van der Waals surface area contributed by atoms with Gasteiger partial charge >= 0.3 is 0 Å². The molecule has 0 aliphatic heterocycles. The molecular formula is C22H39NS. The zero-order valence-electron chi connectivity index (χ0n) is 15.9. The Kier molecular flexibility index (Phi) is 14.2. The maximum atomic E-state index is 4.10. The first-order valence-corrected chi connectivity index (χ1v) is 10.8. The average molecular weight is 350 g/mol. The monoisotopic (exact) mass is 349 g/mol. The third-order valence-electron chi connectivity index (χ3n) is 4.88. The minimum Gasteiger partial charge on any atom is -0.332 e.